The number of hydrogen-bond acceptors (Lipinski definition) is 12. The van der Waals surface area contributed by atoms with Gasteiger partial charge in [0.1, 0.15) is 48.6 Å². The summed E-state index contributed by atoms with van der Waals surface area (Å²) in [5.74, 6) is -1.48. The highest BCUT2D eigenvalue weighted by molar-refractivity contribution is 7.47. The second kappa shape index (κ2) is 23.5. The van der Waals surface area contributed by atoms with Crippen molar-refractivity contribution < 1.29 is 55.0 Å². The first kappa shape index (κ1) is 50.3. The molecule has 0 aliphatic carbocycles. The Labute approximate surface area is 366 Å². The second-order valence-electron chi connectivity index (χ2n) is 17.0. The van der Waals surface area contributed by atoms with E-state index in [0.717, 1.165) is 76.7 Å². The predicted molar refractivity (Wildman–Crippen MR) is 224 cm³/mol. The number of halogens is 4. The molecule has 0 spiro atoms. The average Bonchev–Trinajstić information content (AvgIpc) is 3.90. The molecule has 0 saturated carbocycles. The van der Waals surface area contributed by atoms with Crippen LogP contribution in [0.3, 0.4) is 0 Å². The fraction of sp³-hybridized carbons (Fsp3) is 0.682. The minimum absolute atomic E-state index is 0.0730. The first-order valence-electron chi connectivity index (χ1n) is 22.1. The molecular formula is C44H61F4N6O8P. The Balaban J connectivity index is 1.06. The number of nitrogens with zero attached hydrogens (tertiary/aromatic N) is 5. The third-order valence-corrected chi connectivity index (χ3v) is 12.3. The Morgan fingerprint density at radius 3 is 2.13 bits per heavy atom. The van der Waals surface area contributed by atoms with Crippen molar-refractivity contribution in [1.82, 2.24) is 14.6 Å². The van der Waals surface area contributed by atoms with E-state index in [1.54, 1.807) is 26.0 Å². The summed E-state index contributed by atoms with van der Waals surface area (Å²) in [7, 11) is -4.83. The zero-order valence-corrected chi connectivity index (χ0v) is 37.1. The lowest BCUT2D eigenvalue weighted by Crippen LogP contribution is -2.45. The smallest absolute Gasteiger partial charge is 0.382 e. The van der Waals surface area contributed by atoms with Gasteiger partial charge in [0.2, 0.25) is 5.60 Å². The van der Waals surface area contributed by atoms with Crippen LogP contribution in [0, 0.1) is 28.5 Å². The molecule has 6 atom stereocenters. The number of rotatable bonds is 28. The molecule has 348 valence electrons. The number of alkyl halides is 3. The van der Waals surface area contributed by atoms with Gasteiger partial charge in [0.25, 0.3) is 0 Å². The van der Waals surface area contributed by atoms with Crippen LogP contribution in [-0.2, 0) is 39.2 Å². The van der Waals surface area contributed by atoms with E-state index in [4.69, 9.17) is 33.7 Å². The maximum atomic E-state index is 14.2. The fourth-order valence-electron chi connectivity index (χ4n) is 8.18. The van der Waals surface area contributed by atoms with Crippen molar-refractivity contribution in [2.45, 2.75) is 178 Å². The zero-order valence-electron chi connectivity index (χ0n) is 36.2. The molecule has 19 heteroatoms. The van der Waals surface area contributed by atoms with E-state index < -0.39 is 68.6 Å². The van der Waals surface area contributed by atoms with Gasteiger partial charge in [0.05, 0.1) is 36.6 Å². The summed E-state index contributed by atoms with van der Waals surface area (Å²) in [5.41, 5.74) is 5.70. The van der Waals surface area contributed by atoms with Crippen molar-refractivity contribution in [3.05, 3.63) is 59.3 Å². The lowest BCUT2D eigenvalue weighted by molar-refractivity contribution is -0.204. The number of nitriles is 2. The van der Waals surface area contributed by atoms with Crippen LogP contribution < -0.4 is 5.73 Å². The number of nitrogens with two attached hydrogens (primary N) is 1. The minimum Gasteiger partial charge on any atom is -0.382 e. The summed E-state index contributed by atoms with van der Waals surface area (Å²) in [4.78, 5) is 14.9. The molecule has 0 amide bonds. The number of phosphoric acid groups is 1. The first-order chi connectivity index (χ1) is 30.0. The van der Waals surface area contributed by atoms with E-state index in [0.29, 0.717) is 29.6 Å². The molecule has 1 unspecified atom stereocenters. The van der Waals surface area contributed by atoms with Gasteiger partial charge >= 0.3 is 14.0 Å². The molecular weight excluding hydrogens is 847 g/mol. The van der Waals surface area contributed by atoms with Crippen molar-refractivity contribution in [2.24, 2.45) is 0 Å². The highest BCUT2D eigenvalue weighted by atomic mass is 31.2. The Hall–Kier alpha value is -3.71. The van der Waals surface area contributed by atoms with Crippen LogP contribution in [-0.4, -0.2) is 68.6 Å². The highest BCUT2D eigenvalue weighted by Gasteiger charge is 2.65. The number of hydrogen-bond donors (Lipinski definition) is 2. The number of benzene rings is 1. The third-order valence-electron chi connectivity index (χ3n) is 11.4. The van der Waals surface area contributed by atoms with E-state index in [1.165, 1.54) is 42.2 Å². The van der Waals surface area contributed by atoms with Gasteiger partial charge in [-0.15, -0.1) is 0 Å². The average molecular weight is 909 g/mol. The minimum atomic E-state index is -4.83. The molecule has 2 saturated heterocycles. The summed E-state index contributed by atoms with van der Waals surface area (Å²) in [6.07, 6.45) is 9.12. The summed E-state index contributed by atoms with van der Waals surface area (Å²) < 4.78 is 101. The summed E-state index contributed by atoms with van der Waals surface area (Å²) in [6.45, 7) is 2.23. The number of ether oxygens (including phenoxy) is 4. The van der Waals surface area contributed by atoms with Crippen LogP contribution in [0.15, 0.2) is 36.7 Å². The standard InChI is InChI=1S/C44H61F4N6O8P/c1-42(2)60-39-38(36-20-21-37-41(51)52-31-53-54(36)37)61-43(29-50,40(39)62-42)30-59-63(55,56)58-28-35(57-27-33-23-32(26-49)24-34(45)25-33)19-17-15-13-11-9-7-5-3-4-6-8-10-12-14-16-18-22-44(46,47)48/h20-21,23-25,31,35,38-40H,3-19,22,27-28,30H2,1-2H3,(H,55,56)(H2,51,52,53)/t35-,38+,39+,40+,43-/m1/s1. The maximum Gasteiger partial charge on any atom is 0.472 e. The largest absolute Gasteiger partial charge is 0.472 e. The van der Waals surface area contributed by atoms with E-state index in [1.807, 2.05) is 6.07 Å². The van der Waals surface area contributed by atoms with Crippen molar-refractivity contribution in [3.63, 3.8) is 0 Å². The lowest BCUT2D eigenvalue weighted by atomic mass is 9.96. The van der Waals surface area contributed by atoms with Gasteiger partial charge in [-0.3, -0.25) is 9.05 Å². The molecule has 1 aromatic carbocycles. The van der Waals surface area contributed by atoms with E-state index in [-0.39, 0.29) is 31.0 Å². The van der Waals surface area contributed by atoms with Gasteiger partial charge in [-0.1, -0.05) is 96.3 Å². The van der Waals surface area contributed by atoms with Crippen LogP contribution in [0.25, 0.3) is 5.52 Å². The third kappa shape index (κ3) is 15.5. The van der Waals surface area contributed by atoms with Crippen molar-refractivity contribution >= 4 is 19.2 Å². The molecule has 2 aliphatic heterocycles. The highest BCUT2D eigenvalue weighted by Crippen LogP contribution is 2.52. The van der Waals surface area contributed by atoms with Crippen LogP contribution >= 0.6 is 7.82 Å². The van der Waals surface area contributed by atoms with Gasteiger partial charge in [-0.25, -0.2) is 18.5 Å². The number of fused-ring (bicyclic) bond motifs is 2. The number of unbranched alkanes of at least 4 members (excludes halogenated alkanes) is 15. The topological polar surface area (TPSA) is 196 Å². The van der Waals surface area contributed by atoms with Crippen molar-refractivity contribution in [3.8, 4) is 12.1 Å². The zero-order chi connectivity index (χ0) is 45.5. The Morgan fingerprint density at radius 1 is 0.905 bits per heavy atom. The number of phosphoric ester groups is 1. The van der Waals surface area contributed by atoms with Crippen molar-refractivity contribution in [1.29, 1.82) is 10.5 Å². The summed E-state index contributed by atoms with van der Waals surface area (Å²) in [6, 6.07) is 11.3. The molecule has 2 aliphatic rings. The van der Waals surface area contributed by atoms with E-state index >= 15 is 0 Å². The predicted octanol–water partition coefficient (Wildman–Crippen LogP) is 10.5. The van der Waals surface area contributed by atoms with E-state index in [2.05, 4.69) is 16.2 Å². The van der Waals surface area contributed by atoms with Crippen molar-refractivity contribution in [2.75, 3.05) is 18.9 Å². The van der Waals surface area contributed by atoms with Gasteiger partial charge < -0.3 is 29.6 Å². The number of aromatic nitrogens is 3. The molecule has 0 bridgehead atoms. The molecule has 5 rings (SSSR count). The van der Waals surface area contributed by atoms with Gasteiger partial charge in [-0.2, -0.15) is 28.8 Å². The van der Waals surface area contributed by atoms with E-state index in [9.17, 15) is 37.5 Å². The monoisotopic (exact) mass is 908 g/mol. The Morgan fingerprint density at radius 2 is 1.52 bits per heavy atom. The molecule has 63 heavy (non-hydrogen) atoms. The number of anilines is 1. The fourth-order valence-corrected chi connectivity index (χ4v) is 8.96. The summed E-state index contributed by atoms with van der Waals surface area (Å²) >= 11 is 0. The molecule has 4 heterocycles. The molecule has 0 radical (unpaired) electrons. The van der Waals surface area contributed by atoms with Crippen LogP contribution in [0.4, 0.5) is 23.4 Å². The molecule has 3 aromatic rings. The van der Waals surface area contributed by atoms with Crippen LogP contribution in [0.1, 0.15) is 152 Å². The lowest BCUT2D eigenvalue weighted by Gasteiger charge is -2.29. The van der Waals surface area contributed by atoms with Gasteiger partial charge in [0.15, 0.2) is 11.6 Å². The van der Waals surface area contributed by atoms with Gasteiger partial charge in [0, 0.05) is 6.42 Å². The number of nitrogen functional groups attached to an aromatic ring is 1. The summed E-state index contributed by atoms with van der Waals surface area (Å²) in [5, 5.41) is 24.1. The first-order valence-corrected chi connectivity index (χ1v) is 23.6. The quantitative estimate of drug-likeness (QED) is 0.0397. The second-order valence-corrected chi connectivity index (χ2v) is 18.5. The SMILES string of the molecule is CC1(C)O[C@H]2[C@H](c3ccc4c(N)ncnn34)O[C@](C#N)(COP(=O)(O)OC[C@@H](CCCCCCCCCCCCCCCCCCC(F)(F)F)OCc3cc(F)cc(C#N)c3)[C@H]2O1. The van der Waals surface area contributed by atoms with Crippen LogP contribution in [0.5, 0.6) is 0 Å². The van der Waals surface area contributed by atoms with Gasteiger partial charge in [-0.05, 0) is 62.6 Å². The molecule has 2 fully saturated rings. The Bertz CT molecular complexity index is 2040. The normalized spacial score (nSPS) is 22.1. The maximum absolute atomic E-state index is 14.2. The molecule has 2 aromatic heterocycles. The molecule has 14 nitrogen and oxygen atoms in total. The Kier molecular flexibility index (Phi) is 18.7. The van der Waals surface area contributed by atoms with Crippen LogP contribution in [0.2, 0.25) is 0 Å². The molecule has 3 N–H and O–H groups in total.